The molecular weight excluding hydrogens is 252 g/mol. The van der Waals surface area contributed by atoms with E-state index in [4.69, 9.17) is 4.98 Å². The van der Waals surface area contributed by atoms with E-state index in [2.05, 4.69) is 60.5 Å². The second kappa shape index (κ2) is 4.00. The minimum atomic E-state index is 1.04. The highest BCUT2D eigenvalue weighted by atomic mass is 32.2. The monoisotopic (exact) mass is 264 g/mol. The highest BCUT2D eigenvalue weighted by Crippen LogP contribution is 2.46. The lowest BCUT2D eigenvalue weighted by Gasteiger charge is -2.28. The van der Waals surface area contributed by atoms with Crippen molar-refractivity contribution in [3.63, 3.8) is 0 Å². The Balaban J connectivity index is 1.98. The molecule has 2 aromatic carbocycles. The fraction of sp³-hybridized carbons (Fsp3) is 0.0625. The molecule has 4 rings (SSSR count). The maximum Gasteiger partial charge on any atom is 0.147 e. The molecule has 2 nitrogen and oxygen atoms in total. The molecule has 92 valence electrons. The van der Waals surface area contributed by atoms with Crippen LogP contribution in [-0.2, 0) is 0 Å². The van der Waals surface area contributed by atoms with Crippen LogP contribution < -0.4 is 4.90 Å². The van der Waals surface area contributed by atoms with E-state index in [9.17, 15) is 0 Å². The van der Waals surface area contributed by atoms with Crippen molar-refractivity contribution in [3.05, 3.63) is 54.6 Å². The van der Waals surface area contributed by atoms with E-state index in [-0.39, 0.29) is 0 Å². The van der Waals surface area contributed by atoms with Crippen LogP contribution in [0.2, 0.25) is 0 Å². The molecule has 0 unspecified atom stereocenters. The second-order valence-electron chi connectivity index (χ2n) is 4.63. The van der Waals surface area contributed by atoms with E-state index in [0.29, 0.717) is 0 Å². The summed E-state index contributed by atoms with van der Waals surface area (Å²) in [5.74, 6) is 1.04. The summed E-state index contributed by atoms with van der Waals surface area (Å²) in [6, 6.07) is 19.0. The number of benzene rings is 2. The van der Waals surface area contributed by atoms with Crippen molar-refractivity contribution in [2.45, 2.75) is 9.79 Å². The maximum atomic E-state index is 4.80. The minimum Gasteiger partial charge on any atom is -0.327 e. The van der Waals surface area contributed by atoms with E-state index in [0.717, 1.165) is 11.3 Å². The van der Waals surface area contributed by atoms with Crippen LogP contribution in [0.1, 0.15) is 0 Å². The fourth-order valence-corrected chi connectivity index (χ4v) is 3.61. The number of rotatable bonds is 0. The summed E-state index contributed by atoms with van der Waals surface area (Å²) in [6.45, 7) is 0. The lowest BCUT2D eigenvalue weighted by molar-refractivity contribution is 1.06. The van der Waals surface area contributed by atoms with Gasteiger partial charge in [-0.3, -0.25) is 0 Å². The molecule has 1 aromatic heterocycles. The van der Waals surface area contributed by atoms with Crippen LogP contribution in [0.25, 0.3) is 10.9 Å². The Morgan fingerprint density at radius 1 is 0.947 bits per heavy atom. The van der Waals surface area contributed by atoms with Gasteiger partial charge < -0.3 is 4.90 Å². The molecule has 2 heterocycles. The molecule has 3 heteroatoms. The second-order valence-corrected chi connectivity index (χ2v) is 5.72. The highest BCUT2D eigenvalue weighted by Gasteiger charge is 2.21. The Labute approximate surface area is 116 Å². The van der Waals surface area contributed by atoms with E-state index in [1.807, 2.05) is 6.07 Å². The average molecular weight is 264 g/mol. The molecule has 0 saturated heterocycles. The van der Waals surface area contributed by atoms with Crippen molar-refractivity contribution in [1.82, 2.24) is 4.98 Å². The number of nitrogens with zero attached hydrogens (tertiary/aromatic N) is 2. The average Bonchev–Trinajstić information content (AvgIpc) is 2.46. The predicted molar refractivity (Wildman–Crippen MR) is 80.4 cm³/mol. The summed E-state index contributed by atoms with van der Waals surface area (Å²) in [4.78, 5) is 9.48. The summed E-state index contributed by atoms with van der Waals surface area (Å²) in [7, 11) is 2.08. The molecular formula is C16H12N2S. The standard InChI is InChI=1S/C16H12N2S/c1-18-13-8-4-5-9-14(13)19-15-10-11-6-2-3-7-12(11)17-16(15)18/h2-10H,1H3. The van der Waals surface area contributed by atoms with Gasteiger partial charge in [0.2, 0.25) is 0 Å². The number of aromatic nitrogens is 1. The number of anilines is 2. The zero-order valence-corrected chi connectivity index (χ0v) is 11.3. The van der Waals surface area contributed by atoms with Gasteiger partial charge in [0.15, 0.2) is 0 Å². The summed E-state index contributed by atoms with van der Waals surface area (Å²) >= 11 is 1.80. The largest absolute Gasteiger partial charge is 0.327 e. The summed E-state index contributed by atoms with van der Waals surface area (Å²) < 4.78 is 0. The van der Waals surface area contributed by atoms with Crippen molar-refractivity contribution in [2.24, 2.45) is 0 Å². The first-order valence-corrected chi connectivity index (χ1v) is 7.05. The van der Waals surface area contributed by atoms with Crippen LogP contribution in [0.5, 0.6) is 0 Å². The van der Waals surface area contributed by atoms with Gasteiger partial charge in [0.1, 0.15) is 5.82 Å². The van der Waals surface area contributed by atoms with E-state index in [1.165, 1.54) is 20.9 Å². The zero-order chi connectivity index (χ0) is 12.8. The van der Waals surface area contributed by atoms with Crippen molar-refractivity contribution < 1.29 is 0 Å². The Kier molecular flexibility index (Phi) is 2.29. The molecule has 3 aromatic rings. The fourth-order valence-electron chi connectivity index (χ4n) is 2.45. The molecule has 0 bridgehead atoms. The topological polar surface area (TPSA) is 16.1 Å². The summed E-state index contributed by atoms with van der Waals surface area (Å²) in [5, 5.41) is 1.20. The molecule has 0 amide bonds. The Morgan fingerprint density at radius 2 is 1.74 bits per heavy atom. The molecule has 0 saturated carbocycles. The third kappa shape index (κ3) is 1.62. The van der Waals surface area contributed by atoms with Crippen LogP contribution in [0.4, 0.5) is 11.5 Å². The van der Waals surface area contributed by atoms with Crippen LogP contribution in [-0.4, -0.2) is 12.0 Å². The molecule has 0 aliphatic carbocycles. The van der Waals surface area contributed by atoms with Crippen LogP contribution >= 0.6 is 11.8 Å². The van der Waals surface area contributed by atoms with Gasteiger partial charge in [-0.1, -0.05) is 42.1 Å². The number of pyridine rings is 1. The van der Waals surface area contributed by atoms with E-state index < -0.39 is 0 Å². The third-order valence-electron chi connectivity index (χ3n) is 3.43. The van der Waals surface area contributed by atoms with Gasteiger partial charge in [0.05, 0.1) is 16.1 Å². The smallest absolute Gasteiger partial charge is 0.147 e. The first-order chi connectivity index (χ1) is 9.33. The Hall–Kier alpha value is -2.00. The number of para-hydroxylation sites is 2. The molecule has 0 radical (unpaired) electrons. The van der Waals surface area contributed by atoms with E-state index >= 15 is 0 Å². The number of fused-ring (bicyclic) bond motifs is 3. The molecule has 0 spiro atoms. The quantitative estimate of drug-likeness (QED) is 0.596. The predicted octanol–water partition coefficient (Wildman–Crippen LogP) is 4.47. The first kappa shape index (κ1) is 10.9. The SMILES string of the molecule is CN1c2ccccc2Sc2cc3ccccc3nc21. The van der Waals surface area contributed by atoms with Crippen molar-refractivity contribution in [3.8, 4) is 0 Å². The molecule has 1 aliphatic heterocycles. The number of hydrogen-bond acceptors (Lipinski definition) is 3. The highest BCUT2D eigenvalue weighted by molar-refractivity contribution is 7.99. The minimum absolute atomic E-state index is 1.04. The van der Waals surface area contributed by atoms with Crippen LogP contribution in [0.3, 0.4) is 0 Å². The summed E-state index contributed by atoms with van der Waals surface area (Å²) in [5.41, 5.74) is 2.27. The van der Waals surface area contributed by atoms with Gasteiger partial charge in [0.25, 0.3) is 0 Å². The van der Waals surface area contributed by atoms with Gasteiger partial charge >= 0.3 is 0 Å². The van der Waals surface area contributed by atoms with Crippen LogP contribution in [0, 0.1) is 0 Å². The molecule has 0 N–H and O–H groups in total. The summed E-state index contributed by atoms with van der Waals surface area (Å²) in [6.07, 6.45) is 0. The zero-order valence-electron chi connectivity index (χ0n) is 10.5. The normalized spacial score (nSPS) is 13.2. The van der Waals surface area contributed by atoms with Crippen LogP contribution in [0.15, 0.2) is 64.4 Å². The van der Waals surface area contributed by atoms with Crippen molar-refractivity contribution in [1.29, 1.82) is 0 Å². The van der Waals surface area contributed by atoms with Crippen molar-refractivity contribution in [2.75, 3.05) is 11.9 Å². The molecule has 1 aliphatic rings. The Bertz CT molecular complexity index is 783. The molecule has 0 atom stereocenters. The van der Waals surface area contributed by atoms with Gasteiger partial charge in [-0.25, -0.2) is 4.98 Å². The lowest BCUT2D eigenvalue weighted by atomic mass is 10.2. The maximum absolute atomic E-state index is 4.80. The molecule has 0 fully saturated rings. The Morgan fingerprint density at radius 3 is 2.68 bits per heavy atom. The van der Waals surface area contributed by atoms with Gasteiger partial charge in [-0.15, -0.1) is 0 Å². The van der Waals surface area contributed by atoms with Gasteiger partial charge in [-0.2, -0.15) is 0 Å². The van der Waals surface area contributed by atoms with Crippen molar-refractivity contribution >= 4 is 34.2 Å². The number of hydrogen-bond donors (Lipinski definition) is 0. The van der Waals surface area contributed by atoms with Gasteiger partial charge in [0, 0.05) is 17.3 Å². The first-order valence-electron chi connectivity index (χ1n) is 6.23. The third-order valence-corrected chi connectivity index (χ3v) is 4.52. The molecule has 19 heavy (non-hydrogen) atoms. The lowest BCUT2D eigenvalue weighted by Crippen LogP contribution is -2.16. The van der Waals surface area contributed by atoms with Gasteiger partial charge in [-0.05, 0) is 24.3 Å². The van der Waals surface area contributed by atoms with E-state index in [1.54, 1.807) is 11.8 Å².